The number of aromatic amines is 1. The van der Waals surface area contributed by atoms with Crippen molar-refractivity contribution in [3.05, 3.63) is 41.0 Å². The van der Waals surface area contributed by atoms with E-state index in [1.54, 1.807) is 6.20 Å². The maximum atomic E-state index is 4.37. The summed E-state index contributed by atoms with van der Waals surface area (Å²) >= 11 is 3.27. The van der Waals surface area contributed by atoms with Gasteiger partial charge >= 0.3 is 0 Å². The highest BCUT2D eigenvalue weighted by atomic mass is 79.9. The number of nitrogens with one attached hydrogen (secondary N) is 1. The van der Waals surface area contributed by atoms with Crippen LogP contribution in [0.2, 0.25) is 0 Å². The summed E-state index contributed by atoms with van der Waals surface area (Å²) in [6.07, 6.45) is 1.73. The Morgan fingerprint density at radius 1 is 1.18 bits per heavy atom. The quantitative estimate of drug-likeness (QED) is 0.700. The first-order valence-corrected chi connectivity index (χ1v) is 5.97. The van der Waals surface area contributed by atoms with E-state index in [0.29, 0.717) is 4.73 Å². The minimum absolute atomic E-state index is 0.593. The van der Waals surface area contributed by atoms with Crippen LogP contribution in [-0.4, -0.2) is 19.9 Å². The minimum Gasteiger partial charge on any atom is -0.342 e. The van der Waals surface area contributed by atoms with Gasteiger partial charge in [-0.15, -0.1) is 0 Å². The molecule has 0 spiro atoms. The van der Waals surface area contributed by atoms with Crippen LogP contribution in [0.25, 0.3) is 22.3 Å². The third-order valence-electron chi connectivity index (χ3n) is 2.52. The van der Waals surface area contributed by atoms with E-state index in [4.69, 9.17) is 0 Å². The summed E-state index contributed by atoms with van der Waals surface area (Å²) in [6, 6.07) is 7.93. The molecule has 17 heavy (non-hydrogen) atoms. The maximum absolute atomic E-state index is 4.37. The molecule has 2 aromatic heterocycles. The Hall–Kier alpha value is -1.75. The summed E-state index contributed by atoms with van der Waals surface area (Å²) in [4.78, 5) is 15.9. The van der Waals surface area contributed by atoms with Crippen molar-refractivity contribution < 1.29 is 0 Å². The van der Waals surface area contributed by atoms with Crippen LogP contribution >= 0.6 is 15.9 Å². The molecule has 0 bridgehead atoms. The third-order valence-corrected chi connectivity index (χ3v) is 2.90. The molecule has 0 aliphatic heterocycles. The average molecular weight is 289 g/mol. The predicted molar refractivity (Wildman–Crippen MR) is 69.6 cm³/mol. The Kier molecular flexibility index (Phi) is 2.40. The predicted octanol–water partition coefficient (Wildman–Crippen LogP) is 3.09. The Balaban J connectivity index is 2.17. The molecule has 1 N–H and O–H groups in total. The van der Waals surface area contributed by atoms with Crippen LogP contribution in [0.4, 0.5) is 0 Å². The number of fused-ring (bicyclic) bond motifs is 1. The second kappa shape index (κ2) is 3.92. The van der Waals surface area contributed by atoms with Crippen molar-refractivity contribution >= 4 is 27.0 Å². The molecular weight excluding hydrogens is 280 g/mol. The summed E-state index contributed by atoms with van der Waals surface area (Å²) in [5, 5.41) is 0. The van der Waals surface area contributed by atoms with E-state index < -0.39 is 0 Å². The molecule has 84 valence electrons. The summed E-state index contributed by atoms with van der Waals surface area (Å²) in [5.41, 5.74) is 3.93. The largest absolute Gasteiger partial charge is 0.342 e. The first-order chi connectivity index (χ1) is 8.22. The van der Waals surface area contributed by atoms with Crippen LogP contribution in [0.1, 0.15) is 5.82 Å². The SMILES string of the molecule is Cc1nc2ccc(-c3ccnc(Br)n3)cc2[nH]1. The Labute approximate surface area is 106 Å². The molecular formula is C12H9BrN4. The lowest BCUT2D eigenvalue weighted by molar-refractivity contribution is 1.12. The molecule has 3 rings (SSSR count). The lowest BCUT2D eigenvalue weighted by Gasteiger charge is -2.00. The van der Waals surface area contributed by atoms with Crippen molar-refractivity contribution in [1.82, 2.24) is 19.9 Å². The van der Waals surface area contributed by atoms with Crippen LogP contribution in [0.5, 0.6) is 0 Å². The number of aryl methyl sites for hydroxylation is 1. The van der Waals surface area contributed by atoms with Crippen LogP contribution in [-0.2, 0) is 0 Å². The fourth-order valence-electron chi connectivity index (χ4n) is 1.79. The molecule has 2 heterocycles. The number of rotatable bonds is 1. The van der Waals surface area contributed by atoms with Gasteiger partial charge in [-0.1, -0.05) is 6.07 Å². The lowest BCUT2D eigenvalue weighted by atomic mass is 10.1. The van der Waals surface area contributed by atoms with Crippen molar-refractivity contribution in [1.29, 1.82) is 0 Å². The molecule has 0 fully saturated rings. The second-order valence-electron chi connectivity index (χ2n) is 3.77. The smallest absolute Gasteiger partial charge is 0.197 e. The fourth-order valence-corrected chi connectivity index (χ4v) is 2.10. The number of nitrogens with zero attached hydrogens (tertiary/aromatic N) is 3. The van der Waals surface area contributed by atoms with Gasteiger partial charge in [-0.3, -0.25) is 0 Å². The fraction of sp³-hybridized carbons (Fsp3) is 0.0833. The van der Waals surface area contributed by atoms with Crippen LogP contribution in [0, 0.1) is 6.92 Å². The zero-order valence-electron chi connectivity index (χ0n) is 9.11. The molecule has 0 aliphatic rings. The number of imidazole rings is 1. The Morgan fingerprint density at radius 3 is 2.88 bits per heavy atom. The van der Waals surface area contributed by atoms with Crippen molar-refractivity contribution in [3.8, 4) is 11.3 Å². The van der Waals surface area contributed by atoms with Crippen LogP contribution < -0.4 is 0 Å². The normalized spacial score (nSPS) is 10.9. The van der Waals surface area contributed by atoms with Gasteiger partial charge in [-0.2, -0.15) is 0 Å². The van der Waals surface area contributed by atoms with Crippen molar-refractivity contribution in [2.75, 3.05) is 0 Å². The third kappa shape index (κ3) is 1.93. The number of hydrogen-bond acceptors (Lipinski definition) is 3. The van der Waals surface area contributed by atoms with E-state index in [1.165, 1.54) is 0 Å². The molecule has 0 amide bonds. The van der Waals surface area contributed by atoms with E-state index >= 15 is 0 Å². The highest BCUT2D eigenvalue weighted by Gasteiger charge is 2.04. The molecule has 3 aromatic rings. The molecule has 0 radical (unpaired) electrons. The maximum Gasteiger partial charge on any atom is 0.197 e. The van der Waals surface area contributed by atoms with Crippen molar-refractivity contribution in [3.63, 3.8) is 0 Å². The molecule has 4 nitrogen and oxygen atoms in total. The molecule has 0 saturated heterocycles. The van der Waals surface area contributed by atoms with Gasteiger partial charge in [0.2, 0.25) is 0 Å². The van der Waals surface area contributed by atoms with Gasteiger partial charge in [-0.05, 0) is 41.1 Å². The van der Waals surface area contributed by atoms with E-state index in [-0.39, 0.29) is 0 Å². The van der Waals surface area contributed by atoms with E-state index in [1.807, 2.05) is 31.2 Å². The highest BCUT2D eigenvalue weighted by Crippen LogP contribution is 2.22. The Morgan fingerprint density at radius 2 is 2.06 bits per heavy atom. The summed E-state index contributed by atoms with van der Waals surface area (Å²) in [5.74, 6) is 0.918. The van der Waals surface area contributed by atoms with Gasteiger partial charge in [0, 0.05) is 11.8 Å². The van der Waals surface area contributed by atoms with E-state index in [0.717, 1.165) is 28.1 Å². The van der Waals surface area contributed by atoms with Crippen LogP contribution in [0.15, 0.2) is 35.2 Å². The first-order valence-electron chi connectivity index (χ1n) is 5.18. The molecule has 0 unspecified atom stereocenters. The highest BCUT2D eigenvalue weighted by molar-refractivity contribution is 9.10. The molecule has 1 aromatic carbocycles. The van der Waals surface area contributed by atoms with E-state index in [9.17, 15) is 0 Å². The number of halogens is 1. The van der Waals surface area contributed by atoms with Gasteiger partial charge in [0.25, 0.3) is 0 Å². The molecule has 0 atom stereocenters. The molecule has 0 aliphatic carbocycles. The zero-order valence-corrected chi connectivity index (χ0v) is 10.7. The summed E-state index contributed by atoms with van der Waals surface area (Å²) in [6.45, 7) is 1.95. The number of aromatic nitrogens is 4. The zero-order chi connectivity index (χ0) is 11.8. The van der Waals surface area contributed by atoms with Crippen molar-refractivity contribution in [2.45, 2.75) is 6.92 Å². The molecule has 5 heteroatoms. The van der Waals surface area contributed by atoms with Gasteiger partial charge in [0.15, 0.2) is 4.73 Å². The molecule has 0 saturated carbocycles. The average Bonchev–Trinajstić information content (AvgIpc) is 2.68. The van der Waals surface area contributed by atoms with Gasteiger partial charge in [0.1, 0.15) is 5.82 Å². The van der Waals surface area contributed by atoms with Crippen molar-refractivity contribution in [2.24, 2.45) is 0 Å². The number of benzene rings is 1. The second-order valence-corrected chi connectivity index (χ2v) is 4.47. The van der Waals surface area contributed by atoms with Gasteiger partial charge < -0.3 is 4.98 Å². The first kappa shape index (κ1) is 10.4. The lowest BCUT2D eigenvalue weighted by Crippen LogP contribution is -1.86. The monoisotopic (exact) mass is 288 g/mol. The summed E-state index contributed by atoms with van der Waals surface area (Å²) in [7, 11) is 0. The topological polar surface area (TPSA) is 54.5 Å². The van der Waals surface area contributed by atoms with Gasteiger partial charge in [0.05, 0.1) is 16.7 Å². The summed E-state index contributed by atoms with van der Waals surface area (Å²) < 4.78 is 0.593. The van der Waals surface area contributed by atoms with Gasteiger partial charge in [-0.25, -0.2) is 15.0 Å². The number of H-pyrrole nitrogens is 1. The number of hydrogen-bond donors (Lipinski definition) is 1. The standard InChI is InChI=1S/C12H9BrN4/c1-7-15-10-3-2-8(6-11(10)16-7)9-4-5-14-12(13)17-9/h2-6H,1H3,(H,15,16). The van der Waals surface area contributed by atoms with E-state index in [2.05, 4.69) is 35.9 Å². The minimum atomic E-state index is 0.593. The Bertz CT molecular complexity index is 690. The van der Waals surface area contributed by atoms with Crippen LogP contribution in [0.3, 0.4) is 0 Å².